The molecule has 0 radical (unpaired) electrons. The van der Waals surface area contributed by atoms with Gasteiger partial charge in [0, 0.05) is 6.42 Å². The number of rotatable bonds is 8. The quantitative estimate of drug-likeness (QED) is 0.534. The summed E-state index contributed by atoms with van der Waals surface area (Å²) in [7, 11) is 1.82. The molecule has 0 rings (SSSR count). The lowest BCUT2D eigenvalue weighted by Crippen LogP contribution is -2.41. The van der Waals surface area contributed by atoms with Crippen LogP contribution in [0.15, 0.2) is 0 Å². The van der Waals surface area contributed by atoms with Gasteiger partial charge in [0.2, 0.25) is 5.91 Å². The molecule has 0 bridgehead atoms. The molecule has 5 heteroatoms. The largest absolute Gasteiger partial charge is 0.480 e. The van der Waals surface area contributed by atoms with Gasteiger partial charge in [-0.25, -0.2) is 4.79 Å². The Morgan fingerprint density at radius 2 is 1.94 bits per heavy atom. The molecule has 0 fully saturated rings. The average Bonchev–Trinajstić information content (AvgIpc) is 2.16. The SMILES string of the molecule is CNCCCC(=O)N[C@@H](CC(C)C)C(=O)O. The third kappa shape index (κ3) is 7.23. The number of carboxylic acid groups (broad SMARTS) is 1. The molecule has 0 aliphatic carbocycles. The van der Waals surface area contributed by atoms with Crippen LogP contribution in [0.1, 0.15) is 33.1 Å². The van der Waals surface area contributed by atoms with E-state index in [4.69, 9.17) is 5.11 Å². The Morgan fingerprint density at radius 1 is 1.31 bits per heavy atom. The van der Waals surface area contributed by atoms with Gasteiger partial charge in [-0.15, -0.1) is 0 Å². The first-order valence-corrected chi connectivity index (χ1v) is 5.64. The first-order valence-electron chi connectivity index (χ1n) is 5.64. The second-order valence-corrected chi connectivity index (χ2v) is 4.29. The summed E-state index contributed by atoms with van der Waals surface area (Å²) in [5.74, 6) is -0.905. The number of carbonyl (C=O) groups is 2. The molecule has 0 aromatic heterocycles. The van der Waals surface area contributed by atoms with Crippen LogP contribution in [0.5, 0.6) is 0 Å². The van der Waals surface area contributed by atoms with Crippen molar-refractivity contribution in [2.24, 2.45) is 5.92 Å². The van der Waals surface area contributed by atoms with E-state index in [0.717, 1.165) is 13.0 Å². The molecule has 5 nitrogen and oxygen atoms in total. The molecule has 0 aliphatic rings. The van der Waals surface area contributed by atoms with E-state index in [1.807, 2.05) is 20.9 Å². The molecule has 16 heavy (non-hydrogen) atoms. The van der Waals surface area contributed by atoms with E-state index >= 15 is 0 Å². The molecule has 0 unspecified atom stereocenters. The van der Waals surface area contributed by atoms with Gasteiger partial charge in [0.05, 0.1) is 0 Å². The molecule has 3 N–H and O–H groups in total. The molecule has 1 amide bonds. The second-order valence-electron chi connectivity index (χ2n) is 4.29. The van der Waals surface area contributed by atoms with Gasteiger partial charge in [0.25, 0.3) is 0 Å². The Bertz CT molecular complexity index is 229. The fourth-order valence-electron chi connectivity index (χ4n) is 1.39. The van der Waals surface area contributed by atoms with Crippen molar-refractivity contribution >= 4 is 11.9 Å². The summed E-state index contributed by atoms with van der Waals surface area (Å²) in [6, 6.07) is -0.762. The molecule has 0 heterocycles. The Labute approximate surface area is 96.6 Å². The van der Waals surface area contributed by atoms with E-state index < -0.39 is 12.0 Å². The molecule has 0 aromatic carbocycles. The first kappa shape index (κ1) is 14.9. The zero-order valence-corrected chi connectivity index (χ0v) is 10.2. The van der Waals surface area contributed by atoms with Gasteiger partial charge < -0.3 is 15.7 Å². The van der Waals surface area contributed by atoms with E-state index in [0.29, 0.717) is 12.8 Å². The fraction of sp³-hybridized carbons (Fsp3) is 0.818. The van der Waals surface area contributed by atoms with Crippen LogP contribution >= 0.6 is 0 Å². The summed E-state index contributed by atoms with van der Waals surface area (Å²) in [6.07, 6.45) is 1.55. The molecule has 0 spiro atoms. The van der Waals surface area contributed by atoms with E-state index in [9.17, 15) is 9.59 Å². The van der Waals surface area contributed by atoms with Crippen molar-refractivity contribution in [2.75, 3.05) is 13.6 Å². The highest BCUT2D eigenvalue weighted by atomic mass is 16.4. The van der Waals surface area contributed by atoms with Crippen LogP contribution < -0.4 is 10.6 Å². The summed E-state index contributed by atoms with van der Waals surface area (Å²) < 4.78 is 0. The predicted octanol–water partition coefficient (Wildman–Crippen LogP) is 0.601. The Balaban J connectivity index is 3.98. The highest BCUT2D eigenvalue weighted by Gasteiger charge is 2.20. The minimum absolute atomic E-state index is 0.191. The lowest BCUT2D eigenvalue weighted by molar-refractivity contribution is -0.142. The third-order valence-corrected chi connectivity index (χ3v) is 2.17. The summed E-state index contributed by atoms with van der Waals surface area (Å²) in [4.78, 5) is 22.3. The van der Waals surface area contributed by atoms with Gasteiger partial charge in [0.1, 0.15) is 6.04 Å². The Morgan fingerprint density at radius 3 is 2.38 bits per heavy atom. The summed E-state index contributed by atoms with van der Waals surface area (Å²) >= 11 is 0. The molecule has 0 saturated carbocycles. The van der Waals surface area contributed by atoms with Crippen LogP contribution in [0.3, 0.4) is 0 Å². The highest BCUT2D eigenvalue weighted by molar-refractivity contribution is 5.83. The Hall–Kier alpha value is -1.10. The number of nitrogens with one attached hydrogen (secondary N) is 2. The third-order valence-electron chi connectivity index (χ3n) is 2.17. The van der Waals surface area contributed by atoms with Crippen LogP contribution in [-0.4, -0.2) is 36.6 Å². The number of amides is 1. The number of carbonyl (C=O) groups excluding carboxylic acids is 1. The minimum atomic E-state index is -0.962. The average molecular weight is 230 g/mol. The fourth-order valence-corrected chi connectivity index (χ4v) is 1.39. The van der Waals surface area contributed by atoms with Crippen LogP contribution in [0, 0.1) is 5.92 Å². The van der Waals surface area contributed by atoms with Gasteiger partial charge >= 0.3 is 5.97 Å². The van der Waals surface area contributed by atoms with Crippen LogP contribution in [0.25, 0.3) is 0 Å². The van der Waals surface area contributed by atoms with Gasteiger partial charge in [-0.3, -0.25) is 4.79 Å². The molecule has 0 aliphatic heterocycles. The molecule has 0 saturated heterocycles. The van der Waals surface area contributed by atoms with Gasteiger partial charge in [-0.2, -0.15) is 0 Å². The molecular formula is C11H22N2O3. The molecule has 0 aromatic rings. The number of hydrogen-bond donors (Lipinski definition) is 3. The highest BCUT2D eigenvalue weighted by Crippen LogP contribution is 2.05. The topological polar surface area (TPSA) is 78.4 Å². The van der Waals surface area contributed by atoms with E-state index in [1.165, 1.54) is 0 Å². The minimum Gasteiger partial charge on any atom is -0.480 e. The van der Waals surface area contributed by atoms with Crippen molar-refractivity contribution in [3.8, 4) is 0 Å². The van der Waals surface area contributed by atoms with Crippen molar-refractivity contribution in [3.63, 3.8) is 0 Å². The number of aliphatic carboxylic acids is 1. The van der Waals surface area contributed by atoms with Gasteiger partial charge in [-0.1, -0.05) is 13.8 Å². The van der Waals surface area contributed by atoms with E-state index in [2.05, 4.69) is 10.6 Å². The maximum absolute atomic E-state index is 11.4. The van der Waals surface area contributed by atoms with Crippen molar-refractivity contribution in [2.45, 2.75) is 39.2 Å². The molecule has 94 valence electrons. The van der Waals surface area contributed by atoms with Crippen molar-refractivity contribution in [3.05, 3.63) is 0 Å². The van der Waals surface area contributed by atoms with Crippen molar-refractivity contribution in [1.82, 2.24) is 10.6 Å². The van der Waals surface area contributed by atoms with Crippen molar-refractivity contribution < 1.29 is 14.7 Å². The molecular weight excluding hydrogens is 208 g/mol. The normalized spacial score (nSPS) is 12.5. The number of hydrogen-bond acceptors (Lipinski definition) is 3. The first-order chi connectivity index (χ1) is 7.47. The smallest absolute Gasteiger partial charge is 0.326 e. The zero-order chi connectivity index (χ0) is 12.6. The van der Waals surface area contributed by atoms with Crippen LogP contribution in [0.4, 0.5) is 0 Å². The lowest BCUT2D eigenvalue weighted by Gasteiger charge is -2.16. The maximum atomic E-state index is 11.4. The summed E-state index contributed by atoms with van der Waals surface area (Å²) in [5, 5.41) is 14.4. The molecule has 1 atom stereocenters. The van der Waals surface area contributed by atoms with E-state index in [1.54, 1.807) is 0 Å². The maximum Gasteiger partial charge on any atom is 0.326 e. The summed E-state index contributed by atoms with van der Waals surface area (Å²) in [6.45, 7) is 4.63. The number of carboxylic acids is 1. The predicted molar refractivity (Wildman–Crippen MR) is 62.2 cm³/mol. The van der Waals surface area contributed by atoms with E-state index in [-0.39, 0.29) is 11.8 Å². The van der Waals surface area contributed by atoms with Crippen LogP contribution in [-0.2, 0) is 9.59 Å². The summed E-state index contributed by atoms with van der Waals surface area (Å²) in [5.41, 5.74) is 0. The van der Waals surface area contributed by atoms with Gasteiger partial charge in [0.15, 0.2) is 0 Å². The van der Waals surface area contributed by atoms with Crippen molar-refractivity contribution in [1.29, 1.82) is 0 Å². The lowest BCUT2D eigenvalue weighted by atomic mass is 10.0. The van der Waals surface area contributed by atoms with Gasteiger partial charge in [-0.05, 0) is 32.4 Å². The Kier molecular flexibility index (Phi) is 7.54. The standard InChI is InChI=1S/C11H22N2O3/c1-8(2)7-9(11(15)16)13-10(14)5-4-6-12-3/h8-9,12H,4-7H2,1-3H3,(H,13,14)(H,15,16)/t9-/m0/s1. The van der Waals surface area contributed by atoms with Crippen LogP contribution in [0.2, 0.25) is 0 Å². The zero-order valence-electron chi connectivity index (χ0n) is 10.2. The monoisotopic (exact) mass is 230 g/mol. The second kappa shape index (κ2) is 8.10.